The molecule has 4 rings (SSSR count). The Morgan fingerprint density at radius 3 is 2.70 bits per heavy atom. The van der Waals surface area contributed by atoms with Gasteiger partial charge in [0.05, 0.1) is 12.6 Å². The summed E-state index contributed by atoms with van der Waals surface area (Å²) in [7, 11) is 1.33. The number of hydrogen-bond donors (Lipinski definition) is 2. The van der Waals surface area contributed by atoms with Crippen molar-refractivity contribution in [1.29, 1.82) is 0 Å². The molecule has 136 valence electrons. The molecule has 0 aliphatic heterocycles. The monoisotopic (exact) mass is 379 g/mol. The van der Waals surface area contributed by atoms with Crippen molar-refractivity contribution in [2.24, 2.45) is 0 Å². The Bertz CT molecular complexity index is 1200. The van der Waals surface area contributed by atoms with Crippen LogP contribution >= 0.6 is 11.6 Å². The van der Waals surface area contributed by atoms with Crippen LogP contribution in [-0.4, -0.2) is 17.9 Å². The maximum absolute atomic E-state index is 11.9. The van der Waals surface area contributed by atoms with Crippen molar-refractivity contribution in [2.45, 2.75) is 6.92 Å². The Balaban J connectivity index is 2.16. The van der Waals surface area contributed by atoms with Crippen LogP contribution < -0.4 is 11.2 Å². The minimum absolute atomic E-state index is 0.547. The Labute approximate surface area is 161 Å². The number of benzene rings is 3. The van der Waals surface area contributed by atoms with E-state index in [-0.39, 0.29) is 0 Å². The number of nitrogens with zero attached hydrogens (tertiary/aromatic N) is 1. The van der Waals surface area contributed by atoms with E-state index in [2.05, 4.69) is 17.6 Å². The van der Waals surface area contributed by atoms with E-state index in [4.69, 9.17) is 22.1 Å². The summed E-state index contributed by atoms with van der Waals surface area (Å²) >= 11 is 6.25. The molecule has 0 fully saturated rings. The van der Waals surface area contributed by atoms with E-state index in [0.29, 0.717) is 10.7 Å². The van der Waals surface area contributed by atoms with Gasteiger partial charge in [-0.05, 0) is 42.0 Å². The van der Waals surface area contributed by atoms with Crippen molar-refractivity contribution >= 4 is 45.1 Å². The standard InChI is InChI=1S/C21H18ClN3O2/c1-12-19(16-11-14(22)8-9-17(16)23)20-15-6-4-3-5-13(15)7-10-18(20)25(12)24-21(26)27-2/h3-11H,23H2,1-2H3,(H,24,26). The largest absolute Gasteiger partial charge is 0.452 e. The van der Waals surface area contributed by atoms with E-state index in [1.807, 2.05) is 37.3 Å². The van der Waals surface area contributed by atoms with Gasteiger partial charge in [-0.15, -0.1) is 0 Å². The molecular weight excluding hydrogens is 362 g/mol. The molecule has 0 saturated carbocycles. The fourth-order valence-corrected chi connectivity index (χ4v) is 3.71. The van der Waals surface area contributed by atoms with Crippen LogP contribution in [0.4, 0.5) is 10.5 Å². The second-order valence-electron chi connectivity index (χ2n) is 6.31. The first-order chi connectivity index (χ1) is 13.0. The lowest BCUT2D eigenvalue weighted by Gasteiger charge is -2.10. The summed E-state index contributed by atoms with van der Waals surface area (Å²) in [5.41, 5.74) is 13.1. The molecule has 5 nitrogen and oxygen atoms in total. The van der Waals surface area contributed by atoms with Crippen LogP contribution in [0.15, 0.2) is 54.6 Å². The van der Waals surface area contributed by atoms with Crippen LogP contribution in [0.2, 0.25) is 5.02 Å². The third kappa shape index (κ3) is 2.76. The molecule has 3 N–H and O–H groups in total. The van der Waals surface area contributed by atoms with E-state index < -0.39 is 6.09 Å². The molecule has 1 amide bonds. The summed E-state index contributed by atoms with van der Waals surface area (Å²) in [6.45, 7) is 1.93. The maximum Gasteiger partial charge on any atom is 0.426 e. The van der Waals surface area contributed by atoms with Gasteiger partial charge in [-0.2, -0.15) is 0 Å². The third-order valence-corrected chi connectivity index (χ3v) is 5.00. The second-order valence-corrected chi connectivity index (χ2v) is 6.75. The molecule has 0 radical (unpaired) electrons. The van der Waals surface area contributed by atoms with Crippen LogP contribution in [0.25, 0.3) is 32.8 Å². The average Bonchev–Trinajstić information content (AvgIpc) is 2.95. The number of aromatic nitrogens is 1. The van der Waals surface area contributed by atoms with E-state index in [1.54, 1.807) is 16.8 Å². The lowest BCUT2D eigenvalue weighted by molar-refractivity contribution is 0.183. The first kappa shape index (κ1) is 17.2. The van der Waals surface area contributed by atoms with E-state index in [9.17, 15) is 4.79 Å². The van der Waals surface area contributed by atoms with Gasteiger partial charge in [0.2, 0.25) is 0 Å². The van der Waals surface area contributed by atoms with Crippen molar-refractivity contribution in [2.75, 3.05) is 18.3 Å². The predicted octanol–water partition coefficient (Wildman–Crippen LogP) is 5.32. The molecule has 3 aromatic carbocycles. The number of ether oxygens (including phenoxy) is 1. The number of nitrogens with two attached hydrogens (primary N) is 1. The number of hydrogen-bond acceptors (Lipinski definition) is 3. The minimum Gasteiger partial charge on any atom is -0.452 e. The van der Waals surface area contributed by atoms with E-state index in [0.717, 1.165) is 38.5 Å². The van der Waals surface area contributed by atoms with Gasteiger partial charge in [-0.1, -0.05) is 41.9 Å². The molecule has 6 heteroatoms. The molecule has 27 heavy (non-hydrogen) atoms. The minimum atomic E-state index is -0.547. The molecule has 0 aliphatic carbocycles. The van der Waals surface area contributed by atoms with Crippen LogP contribution in [0, 0.1) is 6.92 Å². The van der Waals surface area contributed by atoms with E-state index >= 15 is 0 Å². The van der Waals surface area contributed by atoms with Crippen LogP contribution in [-0.2, 0) is 4.74 Å². The number of halogens is 1. The zero-order valence-corrected chi connectivity index (χ0v) is 15.7. The number of carbonyl (C=O) groups excluding carboxylic acids is 1. The highest BCUT2D eigenvalue weighted by molar-refractivity contribution is 6.31. The number of nitrogens with one attached hydrogen (secondary N) is 1. The van der Waals surface area contributed by atoms with Gasteiger partial charge < -0.3 is 10.5 Å². The van der Waals surface area contributed by atoms with Gasteiger partial charge in [0.25, 0.3) is 0 Å². The van der Waals surface area contributed by atoms with Crippen molar-refractivity contribution < 1.29 is 9.53 Å². The fraction of sp³-hybridized carbons (Fsp3) is 0.0952. The van der Waals surface area contributed by atoms with Gasteiger partial charge >= 0.3 is 6.09 Å². The highest BCUT2D eigenvalue weighted by Gasteiger charge is 2.21. The summed E-state index contributed by atoms with van der Waals surface area (Å²) in [6, 6.07) is 17.5. The molecule has 0 bridgehead atoms. The summed E-state index contributed by atoms with van der Waals surface area (Å²) in [4.78, 5) is 11.9. The fourth-order valence-electron chi connectivity index (χ4n) is 3.54. The highest BCUT2D eigenvalue weighted by Crippen LogP contribution is 2.41. The smallest absolute Gasteiger partial charge is 0.426 e. The Morgan fingerprint density at radius 1 is 1.15 bits per heavy atom. The number of nitrogen functional groups attached to an aromatic ring is 1. The number of fused-ring (bicyclic) bond motifs is 3. The topological polar surface area (TPSA) is 69.3 Å². The van der Waals surface area contributed by atoms with Crippen molar-refractivity contribution in [1.82, 2.24) is 4.68 Å². The van der Waals surface area contributed by atoms with Gasteiger partial charge in [-0.3, -0.25) is 4.68 Å². The van der Waals surface area contributed by atoms with Gasteiger partial charge in [-0.25, -0.2) is 10.2 Å². The Kier molecular flexibility index (Phi) is 4.16. The molecule has 4 aromatic rings. The van der Waals surface area contributed by atoms with Gasteiger partial charge in [0.1, 0.15) is 0 Å². The number of carbonyl (C=O) groups is 1. The molecule has 0 atom stereocenters. The summed E-state index contributed by atoms with van der Waals surface area (Å²) in [5.74, 6) is 0. The summed E-state index contributed by atoms with van der Waals surface area (Å²) in [6.07, 6.45) is -0.547. The number of anilines is 1. The van der Waals surface area contributed by atoms with Crippen LogP contribution in [0.3, 0.4) is 0 Å². The Hall–Kier alpha value is -3.18. The lowest BCUT2D eigenvalue weighted by atomic mass is 9.97. The summed E-state index contributed by atoms with van der Waals surface area (Å²) < 4.78 is 6.51. The SMILES string of the molecule is COC(=O)Nn1c(C)c(-c2cc(Cl)ccc2N)c2c3ccccc3ccc21. The number of rotatable bonds is 2. The van der Waals surface area contributed by atoms with Crippen molar-refractivity contribution in [3.05, 3.63) is 65.3 Å². The van der Waals surface area contributed by atoms with Gasteiger partial charge in [0, 0.05) is 32.9 Å². The zero-order valence-electron chi connectivity index (χ0n) is 14.9. The normalized spacial score (nSPS) is 11.1. The Morgan fingerprint density at radius 2 is 1.93 bits per heavy atom. The molecular formula is C21H18ClN3O2. The van der Waals surface area contributed by atoms with Crippen molar-refractivity contribution in [3.63, 3.8) is 0 Å². The average molecular weight is 380 g/mol. The van der Waals surface area contributed by atoms with Crippen molar-refractivity contribution in [3.8, 4) is 11.1 Å². The number of amides is 1. The molecule has 1 heterocycles. The van der Waals surface area contributed by atoms with E-state index in [1.165, 1.54) is 7.11 Å². The first-order valence-electron chi connectivity index (χ1n) is 8.44. The molecule has 0 aliphatic rings. The predicted molar refractivity (Wildman–Crippen MR) is 111 cm³/mol. The number of methoxy groups -OCH3 is 1. The lowest BCUT2D eigenvalue weighted by Crippen LogP contribution is -2.23. The first-order valence-corrected chi connectivity index (χ1v) is 8.82. The molecule has 1 aromatic heterocycles. The summed E-state index contributed by atoms with van der Waals surface area (Å²) in [5, 5.41) is 3.76. The molecule has 0 saturated heterocycles. The quantitative estimate of drug-likeness (QED) is 0.463. The van der Waals surface area contributed by atoms with Crippen LogP contribution in [0.1, 0.15) is 5.69 Å². The maximum atomic E-state index is 11.9. The van der Waals surface area contributed by atoms with Gasteiger partial charge in [0.15, 0.2) is 0 Å². The zero-order chi connectivity index (χ0) is 19.1. The second kappa shape index (κ2) is 6.52. The van der Waals surface area contributed by atoms with Crippen LogP contribution in [0.5, 0.6) is 0 Å². The molecule has 0 spiro atoms. The highest BCUT2D eigenvalue weighted by atomic mass is 35.5. The molecule has 0 unspecified atom stereocenters. The third-order valence-electron chi connectivity index (χ3n) is 4.77.